The fraction of sp³-hybridized carbons (Fsp3) is 1.00. The van der Waals surface area contributed by atoms with Gasteiger partial charge < -0.3 is 5.11 Å². The molecule has 0 spiro atoms. The molecule has 0 aliphatic heterocycles. The van der Waals surface area contributed by atoms with Gasteiger partial charge in [-0.05, 0) is 24.7 Å². The summed E-state index contributed by atoms with van der Waals surface area (Å²) in [5.41, 5.74) is 0. The van der Waals surface area contributed by atoms with E-state index in [0.29, 0.717) is 18.8 Å². The molecule has 1 atom stereocenters. The molecule has 2 N–H and O–H groups in total. The molecule has 0 bridgehead atoms. The molecule has 4 nitrogen and oxygen atoms in total. The summed E-state index contributed by atoms with van der Waals surface area (Å²) in [5, 5.41) is 8.87. The number of sulfonamides is 1. The standard InChI is InChI=1S/C11H25NO3S/c1-9(2)6-8-16(14,15)12-11(5-7-13)10(3)4/h9-13H,5-8H2,1-4H3. The van der Waals surface area contributed by atoms with E-state index < -0.39 is 10.0 Å². The number of nitrogens with one attached hydrogen (secondary N) is 1. The lowest BCUT2D eigenvalue weighted by molar-refractivity contribution is 0.256. The summed E-state index contributed by atoms with van der Waals surface area (Å²) in [5.74, 6) is 0.743. The van der Waals surface area contributed by atoms with Crippen LogP contribution in [0.3, 0.4) is 0 Å². The molecule has 16 heavy (non-hydrogen) atoms. The van der Waals surface area contributed by atoms with Gasteiger partial charge >= 0.3 is 0 Å². The fourth-order valence-electron chi connectivity index (χ4n) is 1.35. The summed E-state index contributed by atoms with van der Waals surface area (Å²) in [6.07, 6.45) is 1.14. The number of rotatable bonds is 8. The SMILES string of the molecule is CC(C)CCS(=O)(=O)NC(CCO)C(C)C. The Labute approximate surface area is 99.5 Å². The van der Waals surface area contributed by atoms with Crippen molar-refractivity contribution in [2.45, 2.75) is 46.6 Å². The highest BCUT2D eigenvalue weighted by Gasteiger charge is 2.20. The van der Waals surface area contributed by atoms with Crippen LogP contribution in [-0.4, -0.2) is 31.9 Å². The quantitative estimate of drug-likeness (QED) is 0.684. The van der Waals surface area contributed by atoms with Crippen LogP contribution in [0.15, 0.2) is 0 Å². The Hall–Kier alpha value is -0.130. The highest BCUT2D eigenvalue weighted by Crippen LogP contribution is 2.09. The van der Waals surface area contributed by atoms with E-state index in [1.54, 1.807) is 0 Å². The number of aliphatic hydroxyl groups excluding tert-OH is 1. The van der Waals surface area contributed by atoms with Gasteiger partial charge in [0.25, 0.3) is 0 Å². The maximum absolute atomic E-state index is 11.7. The summed E-state index contributed by atoms with van der Waals surface area (Å²) in [6.45, 7) is 7.92. The van der Waals surface area contributed by atoms with Crippen molar-refractivity contribution < 1.29 is 13.5 Å². The first kappa shape index (κ1) is 15.9. The first-order valence-corrected chi connectivity index (χ1v) is 7.54. The average molecular weight is 251 g/mol. The molecule has 5 heteroatoms. The van der Waals surface area contributed by atoms with Crippen molar-refractivity contribution in [1.82, 2.24) is 4.72 Å². The van der Waals surface area contributed by atoms with Crippen molar-refractivity contribution in [3.8, 4) is 0 Å². The van der Waals surface area contributed by atoms with Crippen molar-refractivity contribution in [3.05, 3.63) is 0 Å². The van der Waals surface area contributed by atoms with Gasteiger partial charge in [-0.25, -0.2) is 13.1 Å². The summed E-state index contributed by atoms with van der Waals surface area (Å²) in [7, 11) is -3.20. The Morgan fingerprint density at radius 3 is 2.06 bits per heavy atom. The fourth-order valence-corrected chi connectivity index (χ4v) is 3.10. The van der Waals surface area contributed by atoms with Crippen molar-refractivity contribution in [3.63, 3.8) is 0 Å². The van der Waals surface area contributed by atoms with E-state index in [4.69, 9.17) is 5.11 Å². The van der Waals surface area contributed by atoms with Crippen LogP contribution in [0.5, 0.6) is 0 Å². The molecule has 0 aromatic carbocycles. The zero-order valence-corrected chi connectivity index (χ0v) is 11.5. The van der Waals surface area contributed by atoms with Crippen LogP contribution < -0.4 is 4.72 Å². The van der Waals surface area contributed by atoms with Crippen LogP contribution in [0.4, 0.5) is 0 Å². The minimum atomic E-state index is -3.20. The topological polar surface area (TPSA) is 66.4 Å². The molecule has 0 rings (SSSR count). The molecule has 0 fully saturated rings. The monoisotopic (exact) mass is 251 g/mol. The van der Waals surface area contributed by atoms with E-state index in [-0.39, 0.29) is 24.3 Å². The number of hydrogen-bond acceptors (Lipinski definition) is 3. The van der Waals surface area contributed by atoms with Gasteiger partial charge in [0.05, 0.1) is 5.75 Å². The van der Waals surface area contributed by atoms with E-state index in [0.717, 1.165) is 0 Å². The molecule has 0 saturated heterocycles. The normalized spacial score (nSPS) is 14.7. The Kier molecular flexibility index (Phi) is 7.19. The molecule has 0 aliphatic carbocycles. The lowest BCUT2D eigenvalue weighted by Crippen LogP contribution is -2.40. The average Bonchev–Trinajstić information content (AvgIpc) is 2.14. The van der Waals surface area contributed by atoms with Gasteiger partial charge in [0, 0.05) is 12.6 Å². The van der Waals surface area contributed by atoms with Gasteiger partial charge in [-0.2, -0.15) is 0 Å². The highest BCUT2D eigenvalue weighted by atomic mass is 32.2. The van der Waals surface area contributed by atoms with Gasteiger partial charge in [0.1, 0.15) is 0 Å². The first-order chi connectivity index (χ1) is 7.28. The van der Waals surface area contributed by atoms with Crippen LogP contribution >= 0.6 is 0 Å². The number of aliphatic hydroxyl groups is 1. The second-order valence-corrected chi connectivity index (χ2v) is 6.86. The van der Waals surface area contributed by atoms with E-state index in [9.17, 15) is 8.42 Å². The summed E-state index contributed by atoms with van der Waals surface area (Å²) < 4.78 is 26.1. The minimum Gasteiger partial charge on any atom is -0.396 e. The Morgan fingerprint density at radius 1 is 1.12 bits per heavy atom. The maximum atomic E-state index is 11.7. The Morgan fingerprint density at radius 2 is 1.69 bits per heavy atom. The van der Waals surface area contributed by atoms with Crippen LogP contribution in [-0.2, 0) is 10.0 Å². The predicted molar refractivity (Wildman–Crippen MR) is 66.7 cm³/mol. The molecular weight excluding hydrogens is 226 g/mol. The second-order valence-electron chi connectivity index (χ2n) is 4.98. The van der Waals surface area contributed by atoms with Gasteiger partial charge in [-0.1, -0.05) is 27.7 Å². The third kappa shape index (κ3) is 7.19. The van der Waals surface area contributed by atoms with E-state index in [1.807, 2.05) is 27.7 Å². The summed E-state index contributed by atoms with van der Waals surface area (Å²) in [6, 6.07) is -0.165. The zero-order valence-electron chi connectivity index (χ0n) is 10.7. The van der Waals surface area contributed by atoms with Gasteiger partial charge in [0.15, 0.2) is 0 Å². The molecule has 0 heterocycles. The van der Waals surface area contributed by atoms with Crippen LogP contribution in [0.1, 0.15) is 40.5 Å². The lowest BCUT2D eigenvalue weighted by Gasteiger charge is -2.21. The van der Waals surface area contributed by atoms with E-state index in [1.165, 1.54) is 0 Å². The molecule has 98 valence electrons. The molecule has 1 unspecified atom stereocenters. The molecular formula is C11H25NO3S. The van der Waals surface area contributed by atoms with E-state index in [2.05, 4.69) is 4.72 Å². The zero-order chi connectivity index (χ0) is 12.8. The van der Waals surface area contributed by atoms with Gasteiger partial charge in [-0.15, -0.1) is 0 Å². The molecule has 0 saturated carbocycles. The third-order valence-electron chi connectivity index (χ3n) is 2.54. The van der Waals surface area contributed by atoms with Crippen LogP contribution in [0.2, 0.25) is 0 Å². The van der Waals surface area contributed by atoms with Crippen LogP contribution in [0.25, 0.3) is 0 Å². The first-order valence-electron chi connectivity index (χ1n) is 5.89. The van der Waals surface area contributed by atoms with Crippen molar-refractivity contribution in [2.75, 3.05) is 12.4 Å². The molecule has 0 aromatic rings. The minimum absolute atomic E-state index is 0.00947. The largest absolute Gasteiger partial charge is 0.396 e. The summed E-state index contributed by atoms with van der Waals surface area (Å²) >= 11 is 0. The van der Waals surface area contributed by atoms with Crippen molar-refractivity contribution in [2.24, 2.45) is 11.8 Å². The van der Waals surface area contributed by atoms with E-state index >= 15 is 0 Å². The van der Waals surface area contributed by atoms with Gasteiger partial charge in [-0.3, -0.25) is 0 Å². The molecule has 0 aromatic heterocycles. The second kappa shape index (κ2) is 7.25. The summed E-state index contributed by atoms with van der Waals surface area (Å²) in [4.78, 5) is 0. The Balaban J connectivity index is 4.30. The van der Waals surface area contributed by atoms with Crippen LogP contribution in [0, 0.1) is 11.8 Å². The number of hydrogen-bond donors (Lipinski definition) is 2. The predicted octanol–water partition coefficient (Wildman–Crippen LogP) is 1.36. The third-order valence-corrected chi connectivity index (χ3v) is 3.97. The Bertz CT molecular complexity index is 273. The maximum Gasteiger partial charge on any atom is 0.211 e. The molecule has 0 radical (unpaired) electrons. The molecule has 0 amide bonds. The lowest BCUT2D eigenvalue weighted by atomic mass is 10.0. The van der Waals surface area contributed by atoms with Crippen molar-refractivity contribution >= 4 is 10.0 Å². The van der Waals surface area contributed by atoms with Crippen molar-refractivity contribution in [1.29, 1.82) is 0 Å². The smallest absolute Gasteiger partial charge is 0.211 e. The molecule has 0 aliphatic rings. The highest BCUT2D eigenvalue weighted by molar-refractivity contribution is 7.89. The van der Waals surface area contributed by atoms with Gasteiger partial charge in [0.2, 0.25) is 10.0 Å².